The third-order valence-electron chi connectivity index (χ3n) is 4.23. The fourth-order valence-corrected chi connectivity index (χ4v) is 3.05. The predicted octanol–water partition coefficient (Wildman–Crippen LogP) is 1.67. The normalized spacial score (nSPS) is 18.4. The van der Waals surface area contributed by atoms with Crippen molar-refractivity contribution in [1.82, 2.24) is 9.80 Å². The summed E-state index contributed by atoms with van der Waals surface area (Å²) in [5.74, 6) is 0.0451. The van der Waals surface area contributed by atoms with Crippen LogP contribution in [0.2, 0.25) is 0 Å². The van der Waals surface area contributed by atoms with Gasteiger partial charge < -0.3 is 15.0 Å². The number of carbonyl (C=O) groups excluding carboxylic acids is 1. The van der Waals surface area contributed by atoms with Crippen LogP contribution < -0.4 is 5.32 Å². The third-order valence-corrected chi connectivity index (χ3v) is 4.23. The summed E-state index contributed by atoms with van der Waals surface area (Å²) >= 11 is 0. The average molecular weight is 305 g/mol. The molecule has 22 heavy (non-hydrogen) atoms. The number of nitrogens with zero attached hydrogens (tertiary/aromatic N) is 2. The summed E-state index contributed by atoms with van der Waals surface area (Å²) < 4.78 is 5.77. The van der Waals surface area contributed by atoms with E-state index in [2.05, 4.69) is 29.2 Å². The van der Waals surface area contributed by atoms with Crippen LogP contribution in [0.3, 0.4) is 0 Å². The molecule has 122 valence electrons. The number of likely N-dealkylation sites (tertiary alicyclic amines) is 1. The van der Waals surface area contributed by atoms with Crippen molar-refractivity contribution >= 4 is 11.6 Å². The molecular weight excluding hydrogens is 278 g/mol. The van der Waals surface area contributed by atoms with Gasteiger partial charge in [-0.2, -0.15) is 0 Å². The molecule has 0 spiro atoms. The lowest BCUT2D eigenvalue weighted by Gasteiger charge is -2.42. The molecule has 5 heteroatoms. The van der Waals surface area contributed by atoms with E-state index < -0.39 is 0 Å². The van der Waals surface area contributed by atoms with Crippen molar-refractivity contribution in [3.8, 4) is 0 Å². The minimum Gasteiger partial charge on any atom is -0.377 e. The zero-order chi connectivity index (χ0) is 16.0. The molecule has 1 aromatic carbocycles. The number of ether oxygens (including phenoxy) is 1. The van der Waals surface area contributed by atoms with E-state index in [9.17, 15) is 4.79 Å². The monoisotopic (exact) mass is 305 g/mol. The van der Waals surface area contributed by atoms with Crippen LogP contribution in [-0.2, 0) is 9.53 Å². The summed E-state index contributed by atoms with van der Waals surface area (Å²) in [7, 11) is 5.93. The van der Waals surface area contributed by atoms with Crippen LogP contribution in [0.25, 0.3) is 0 Å². The Kier molecular flexibility index (Phi) is 5.94. The zero-order valence-corrected chi connectivity index (χ0v) is 13.8. The smallest absolute Gasteiger partial charge is 0.238 e. The molecule has 0 radical (unpaired) electrons. The lowest BCUT2D eigenvalue weighted by molar-refractivity contribution is -0.119. The van der Waals surface area contributed by atoms with Crippen molar-refractivity contribution in [3.63, 3.8) is 0 Å². The van der Waals surface area contributed by atoms with Crippen LogP contribution in [0.4, 0.5) is 5.69 Å². The van der Waals surface area contributed by atoms with Gasteiger partial charge in [0, 0.05) is 32.4 Å². The highest BCUT2D eigenvalue weighted by atomic mass is 16.5. The number of amides is 1. The summed E-state index contributed by atoms with van der Waals surface area (Å²) in [6.45, 7) is 3.15. The van der Waals surface area contributed by atoms with Crippen LogP contribution in [-0.4, -0.2) is 68.7 Å². The molecule has 1 N–H and O–H groups in total. The van der Waals surface area contributed by atoms with Crippen LogP contribution in [0.1, 0.15) is 12.8 Å². The van der Waals surface area contributed by atoms with Gasteiger partial charge in [0.2, 0.25) is 5.91 Å². The number of methoxy groups -OCH3 is 1. The van der Waals surface area contributed by atoms with Crippen LogP contribution in [0.5, 0.6) is 0 Å². The molecule has 0 unspecified atom stereocenters. The zero-order valence-electron chi connectivity index (χ0n) is 13.8. The topological polar surface area (TPSA) is 44.8 Å². The number of benzene rings is 1. The first kappa shape index (κ1) is 16.9. The number of carbonyl (C=O) groups is 1. The lowest BCUT2D eigenvalue weighted by Crippen LogP contribution is -2.52. The van der Waals surface area contributed by atoms with Crippen molar-refractivity contribution in [2.75, 3.05) is 52.7 Å². The van der Waals surface area contributed by atoms with E-state index in [0.29, 0.717) is 6.54 Å². The Morgan fingerprint density at radius 1 is 1.27 bits per heavy atom. The second kappa shape index (κ2) is 7.72. The number of piperidine rings is 1. The number of nitrogens with one attached hydrogen (secondary N) is 1. The molecular formula is C17H27N3O2. The molecule has 1 heterocycles. The summed E-state index contributed by atoms with van der Waals surface area (Å²) in [6, 6.07) is 9.59. The van der Waals surface area contributed by atoms with Gasteiger partial charge in [-0.15, -0.1) is 0 Å². The second-order valence-corrected chi connectivity index (χ2v) is 6.32. The first-order valence-electron chi connectivity index (χ1n) is 7.80. The quantitative estimate of drug-likeness (QED) is 0.868. The molecule has 0 bridgehead atoms. The molecule has 0 aliphatic carbocycles. The van der Waals surface area contributed by atoms with Crippen LogP contribution in [0.15, 0.2) is 30.3 Å². The highest BCUT2D eigenvalue weighted by Crippen LogP contribution is 2.26. The van der Waals surface area contributed by atoms with E-state index in [0.717, 1.165) is 38.2 Å². The Hall–Kier alpha value is -1.43. The third kappa shape index (κ3) is 4.80. The van der Waals surface area contributed by atoms with Gasteiger partial charge in [-0.1, -0.05) is 18.2 Å². The number of hydrogen-bond donors (Lipinski definition) is 1. The van der Waals surface area contributed by atoms with E-state index >= 15 is 0 Å². The molecule has 1 saturated heterocycles. The number of para-hydroxylation sites is 1. The Labute approximate surface area is 133 Å². The number of hydrogen-bond acceptors (Lipinski definition) is 4. The van der Waals surface area contributed by atoms with E-state index in [1.165, 1.54) is 0 Å². The SMILES string of the molecule is COC1(CN(C)C)CCN(CC(=O)Nc2ccccc2)CC1. The first-order chi connectivity index (χ1) is 10.5. The standard InChI is InChI=1S/C17H27N3O2/c1-19(2)14-17(22-3)9-11-20(12-10-17)13-16(21)18-15-7-5-4-6-8-15/h4-8H,9-14H2,1-3H3,(H,18,21). The molecule has 1 fully saturated rings. The van der Waals surface area contributed by atoms with Gasteiger partial charge in [-0.3, -0.25) is 9.69 Å². The number of rotatable bonds is 6. The Morgan fingerprint density at radius 3 is 2.45 bits per heavy atom. The van der Waals surface area contributed by atoms with Gasteiger partial charge in [-0.25, -0.2) is 0 Å². The van der Waals surface area contributed by atoms with Gasteiger partial charge in [0.1, 0.15) is 0 Å². The molecule has 0 saturated carbocycles. The van der Waals surface area contributed by atoms with Crippen molar-refractivity contribution < 1.29 is 9.53 Å². The van der Waals surface area contributed by atoms with Crippen molar-refractivity contribution in [1.29, 1.82) is 0 Å². The second-order valence-electron chi connectivity index (χ2n) is 6.32. The van der Waals surface area contributed by atoms with Crippen molar-refractivity contribution in [2.45, 2.75) is 18.4 Å². The predicted molar refractivity (Wildman–Crippen MR) is 89.0 cm³/mol. The minimum atomic E-state index is -0.0735. The Bertz CT molecular complexity index is 468. The summed E-state index contributed by atoms with van der Waals surface area (Å²) in [5.41, 5.74) is 0.777. The lowest BCUT2D eigenvalue weighted by atomic mass is 9.90. The van der Waals surface area contributed by atoms with Gasteiger partial charge in [0.05, 0.1) is 12.1 Å². The molecule has 1 amide bonds. The maximum Gasteiger partial charge on any atom is 0.238 e. The summed E-state index contributed by atoms with van der Waals surface area (Å²) in [5, 5.41) is 2.94. The molecule has 1 aliphatic rings. The van der Waals surface area contributed by atoms with E-state index in [-0.39, 0.29) is 11.5 Å². The average Bonchev–Trinajstić information content (AvgIpc) is 2.50. The maximum atomic E-state index is 12.1. The highest BCUT2D eigenvalue weighted by molar-refractivity contribution is 5.92. The largest absolute Gasteiger partial charge is 0.377 e. The molecule has 1 aliphatic heterocycles. The molecule has 5 nitrogen and oxygen atoms in total. The van der Waals surface area contributed by atoms with E-state index in [1.807, 2.05) is 30.3 Å². The molecule has 1 aromatic rings. The Balaban J connectivity index is 1.80. The van der Waals surface area contributed by atoms with Gasteiger partial charge in [-0.05, 0) is 39.1 Å². The van der Waals surface area contributed by atoms with E-state index in [4.69, 9.17) is 4.74 Å². The first-order valence-corrected chi connectivity index (χ1v) is 7.80. The van der Waals surface area contributed by atoms with Gasteiger partial charge in [0.25, 0.3) is 0 Å². The Morgan fingerprint density at radius 2 is 1.91 bits per heavy atom. The fourth-order valence-electron chi connectivity index (χ4n) is 3.05. The maximum absolute atomic E-state index is 12.1. The van der Waals surface area contributed by atoms with E-state index in [1.54, 1.807) is 7.11 Å². The van der Waals surface area contributed by atoms with Gasteiger partial charge in [0.15, 0.2) is 0 Å². The minimum absolute atomic E-state index is 0.0451. The highest BCUT2D eigenvalue weighted by Gasteiger charge is 2.35. The number of likely N-dealkylation sites (N-methyl/N-ethyl adjacent to an activating group) is 1. The summed E-state index contributed by atoms with van der Waals surface area (Å²) in [4.78, 5) is 16.5. The van der Waals surface area contributed by atoms with Gasteiger partial charge >= 0.3 is 0 Å². The number of anilines is 1. The van der Waals surface area contributed by atoms with Crippen molar-refractivity contribution in [3.05, 3.63) is 30.3 Å². The van der Waals surface area contributed by atoms with Crippen LogP contribution >= 0.6 is 0 Å². The van der Waals surface area contributed by atoms with Crippen LogP contribution in [0, 0.1) is 0 Å². The fraction of sp³-hybridized carbons (Fsp3) is 0.588. The summed E-state index contributed by atoms with van der Waals surface area (Å²) in [6.07, 6.45) is 1.92. The molecule has 2 rings (SSSR count). The molecule has 0 atom stereocenters. The van der Waals surface area contributed by atoms with Crippen molar-refractivity contribution in [2.24, 2.45) is 0 Å². The molecule has 0 aromatic heterocycles.